The second kappa shape index (κ2) is 6.64. The zero-order valence-corrected chi connectivity index (χ0v) is 16.7. The SMILES string of the molecule is O=C1CC2Cc3cccc(Br)c3[C@H](C1)N2S(=O)(=O)c1ccc(C(F)(F)F)nc1. The van der Waals surface area contributed by atoms with Crippen molar-refractivity contribution in [1.82, 2.24) is 9.29 Å². The highest BCUT2D eigenvalue weighted by Gasteiger charge is 2.47. The molecule has 2 aliphatic rings. The van der Waals surface area contributed by atoms with Crippen molar-refractivity contribution in [3.05, 3.63) is 57.8 Å². The first-order valence-electron chi connectivity index (χ1n) is 8.45. The molecule has 5 nitrogen and oxygen atoms in total. The average molecular weight is 475 g/mol. The molecule has 0 aliphatic carbocycles. The van der Waals surface area contributed by atoms with Crippen molar-refractivity contribution in [2.24, 2.45) is 0 Å². The van der Waals surface area contributed by atoms with Gasteiger partial charge in [-0.3, -0.25) is 9.78 Å². The third-order valence-corrected chi connectivity index (χ3v) is 7.72. The number of pyridine rings is 1. The fourth-order valence-electron chi connectivity index (χ4n) is 3.96. The molecule has 2 atom stereocenters. The molecule has 2 bridgehead atoms. The Balaban J connectivity index is 1.79. The fourth-order valence-corrected chi connectivity index (χ4v) is 6.36. The molecule has 4 rings (SSSR count). The molecular weight excluding hydrogens is 461 g/mol. The van der Waals surface area contributed by atoms with Gasteiger partial charge in [0.05, 0.1) is 6.04 Å². The number of carbonyl (C=O) groups is 1. The molecule has 1 aromatic heterocycles. The van der Waals surface area contributed by atoms with Gasteiger partial charge in [-0.25, -0.2) is 8.42 Å². The van der Waals surface area contributed by atoms with E-state index in [0.29, 0.717) is 17.0 Å². The van der Waals surface area contributed by atoms with Crippen molar-refractivity contribution < 1.29 is 26.4 Å². The van der Waals surface area contributed by atoms with Gasteiger partial charge in [0.1, 0.15) is 16.4 Å². The van der Waals surface area contributed by atoms with Crippen LogP contribution in [0, 0.1) is 0 Å². The molecule has 0 radical (unpaired) electrons. The van der Waals surface area contributed by atoms with Crippen LogP contribution in [0.5, 0.6) is 0 Å². The minimum absolute atomic E-state index is 0.0272. The summed E-state index contributed by atoms with van der Waals surface area (Å²) >= 11 is 3.44. The first-order valence-corrected chi connectivity index (χ1v) is 10.7. The van der Waals surface area contributed by atoms with Gasteiger partial charge in [-0.05, 0) is 35.7 Å². The molecule has 10 heteroatoms. The van der Waals surface area contributed by atoms with E-state index in [1.807, 2.05) is 12.1 Å². The van der Waals surface area contributed by atoms with Crippen molar-refractivity contribution >= 4 is 31.7 Å². The van der Waals surface area contributed by atoms with E-state index in [1.54, 1.807) is 6.07 Å². The summed E-state index contributed by atoms with van der Waals surface area (Å²) in [7, 11) is -4.14. The molecular formula is C18H14BrF3N2O3S. The van der Waals surface area contributed by atoms with Crippen LogP contribution >= 0.6 is 15.9 Å². The van der Waals surface area contributed by atoms with Crippen LogP contribution < -0.4 is 0 Å². The Bertz CT molecular complexity index is 1050. The van der Waals surface area contributed by atoms with E-state index in [2.05, 4.69) is 20.9 Å². The second-order valence-corrected chi connectivity index (χ2v) is 9.54. The Hall–Kier alpha value is -1.78. The lowest BCUT2D eigenvalue weighted by molar-refractivity contribution is -0.141. The normalized spacial score (nSPS) is 22.8. The number of alkyl halides is 3. The zero-order valence-electron chi connectivity index (χ0n) is 14.3. The number of halogens is 4. The number of aromatic nitrogens is 1. The van der Waals surface area contributed by atoms with E-state index in [9.17, 15) is 26.4 Å². The number of fused-ring (bicyclic) bond motifs is 4. The minimum Gasteiger partial charge on any atom is -0.300 e. The smallest absolute Gasteiger partial charge is 0.300 e. The lowest BCUT2D eigenvalue weighted by Gasteiger charge is -2.45. The average Bonchev–Trinajstić information content (AvgIpc) is 2.60. The van der Waals surface area contributed by atoms with Crippen molar-refractivity contribution in [1.29, 1.82) is 0 Å². The topological polar surface area (TPSA) is 67.3 Å². The van der Waals surface area contributed by atoms with Crippen LogP contribution in [0.25, 0.3) is 0 Å². The number of Topliss-reactive ketones (excluding diaryl/α,β-unsaturated/α-hetero) is 1. The van der Waals surface area contributed by atoms with E-state index in [1.165, 1.54) is 4.31 Å². The molecule has 2 aliphatic heterocycles. The highest BCUT2D eigenvalue weighted by atomic mass is 79.9. The van der Waals surface area contributed by atoms with Gasteiger partial charge in [-0.15, -0.1) is 0 Å². The van der Waals surface area contributed by atoms with E-state index in [-0.39, 0.29) is 23.5 Å². The Morgan fingerprint density at radius 2 is 1.86 bits per heavy atom. The lowest BCUT2D eigenvalue weighted by atomic mass is 9.81. The Morgan fingerprint density at radius 1 is 1.11 bits per heavy atom. The molecule has 3 heterocycles. The van der Waals surface area contributed by atoms with E-state index in [4.69, 9.17) is 0 Å². The van der Waals surface area contributed by atoms with Crippen LogP contribution in [0.4, 0.5) is 13.2 Å². The summed E-state index contributed by atoms with van der Waals surface area (Å²) in [4.78, 5) is 15.1. The summed E-state index contributed by atoms with van der Waals surface area (Å²) in [6.45, 7) is 0. The number of nitrogens with zero attached hydrogens (tertiary/aromatic N) is 2. The molecule has 1 saturated heterocycles. The van der Waals surface area contributed by atoms with Crippen LogP contribution in [-0.4, -0.2) is 29.5 Å². The maximum Gasteiger partial charge on any atom is 0.433 e. The van der Waals surface area contributed by atoms with E-state index >= 15 is 0 Å². The largest absolute Gasteiger partial charge is 0.433 e. The Kier molecular flexibility index (Phi) is 4.63. The van der Waals surface area contributed by atoms with Gasteiger partial charge in [0.25, 0.3) is 0 Å². The third-order valence-electron chi connectivity index (χ3n) is 5.09. The Labute approximate surface area is 167 Å². The summed E-state index contributed by atoms with van der Waals surface area (Å²) < 4.78 is 66.7. The molecule has 1 fully saturated rings. The van der Waals surface area contributed by atoms with Gasteiger partial charge in [0, 0.05) is 29.6 Å². The predicted octanol–water partition coefficient (Wildman–Crippen LogP) is 3.88. The summed E-state index contributed by atoms with van der Waals surface area (Å²) in [5.41, 5.74) is 0.540. The highest BCUT2D eigenvalue weighted by molar-refractivity contribution is 9.10. The van der Waals surface area contributed by atoms with Gasteiger partial charge in [-0.1, -0.05) is 28.1 Å². The Morgan fingerprint density at radius 3 is 2.50 bits per heavy atom. The van der Waals surface area contributed by atoms with Crippen molar-refractivity contribution in [3.63, 3.8) is 0 Å². The van der Waals surface area contributed by atoms with Crippen LogP contribution in [0.1, 0.15) is 35.7 Å². The first-order chi connectivity index (χ1) is 13.1. The molecule has 1 unspecified atom stereocenters. The molecule has 0 spiro atoms. The van der Waals surface area contributed by atoms with Gasteiger partial charge in [0.15, 0.2) is 0 Å². The molecule has 0 saturated carbocycles. The summed E-state index contributed by atoms with van der Waals surface area (Å²) in [6, 6.07) is 5.84. The number of ketones is 1. The molecule has 1 aromatic carbocycles. The van der Waals surface area contributed by atoms with Crippen LogP contribution in [0.2, 0.25) is 0 Å². The number of rotatable bonds is 2. The highest BCUT2D eigenvalue weighted by Crippen LogP contribution is 2.46. The molecule has 0 amide bonds. The van der Waals surface area contributed by atoms with Gasteiger partial charge < -0.3 is 0 Å². The lowest BCUT2D eigenvalue weighted by Crippen LogP contribution is -2.52. The fraction of sp³-hybridized carbons (Fsp3) is 0.333. The predicted molar refractivity (Wildman–Crippen MR) is 96.9 cm³/mol. The van der Waals surface area contributed by atoms with Crippen LogP contribution in [0.15, 0.2) is 45.9 Å². The second-order valence-electron chi connectivity index (χ2n) is 6.85. The van der Waals surface area contributed by atoms with Gasteiger partial charge in [-0.2, -0.15) is 17.5 Å². The van der Waals surface area contributed by atoms with Crippen LogP contribution in [0.3, 0.4) is 0 Å². The maximum absolute atomic E-state index is 13.3. The third kappa shape index (κ3) is 3.17. The monoisotopic (exact) mass is 474 g/mol. The molecule has 2 aromatic rings. The first kappa shape index (κ1) is 19.5. The number of hydrogen-bond acceptors (Lipinski definition) is 4. The summed E-state index contributed by atoms with van der Waals surface area (Å²) in [5, 5.41) is 0. The maximum atomic E-state index is 13.3. The zero-order chi connectivity index (χ0) is 20.3. The van der Waals surface area contributed by atoms with Gasteiger partial charge in [0.2, 0.25) is 10.0 Å². The number of sulfonamides is 1. The van der Waals surface area contributed by atoms with Crippen molar-refractivity contribution in [3.8, 4) is 0 Å². The number of benzene rings is 1. The van der Waals surface area contributed by atoms with E-state index < -0.39 is 34.0 Å². The van der Waals surface area contributed by atoms with E-state index in [0.717, 1.165) is 23.4 Å². The summed E-state index contributed by atoms with van der Waals surface area (Å²) in [6.07, 6.45) is -3.45. The molecule has 148 valence electrons. The molecule has 0 N–H and O–H groups in total. The number of piperidine rings is 1. The van der Waals surface area contributed by atoms with Crippen LogP contribution in [-0.2, 0) is 27.4 Å². The minimum atomic E-state index is -4.65. The number of hydrogen-bond donors (Lipinski definition) is 0. The van der Waals surface area contributed by atoms with Crippen molar-refractivity contribution in [2.75, 3.05) is 0 Å². The number of carbonyl (C=O) groups excluding carboxylic acids is 1. The van der Waals surface area contributed by atoms with Crippen molar-refractivity contribution in [2.45, 2.75) is 42.4 Å². The standard InChI is InChI=1S/C18H14BrF3N2O3S/c19-14-3-1-2-10-6-11-7-12(25)8-15(17(10)14)24(11)28(26,27)13-4-5-16(23-9-13)18(20,21)22/h1-5,9,11,15H,6-8H2/t11?,15-/m0/s1. The van der Waals surface area contributed by atoms with Gasteiger partial charge >= 0.3 is 6.18 Å². The molecule has 28 heavy (non-hydrogen) atoms. The quantitative estimate of drug-likeness (QED) is 0.662. The summed E-state index contributed by atoms with van der Waals surface area (Å²) in [5.74, 6) is -0.0339.